The average molecular weight is 266 g/mol. The monoisotopic (exact) mass is 266 g/mol. The fourth-order valence-electron chi connectivity index (χ4n) is 2.14. The van der Waals surface area contributed by atoms with Crippen LogP contribution in [0, 0.1) is 5.92 Å². The molecule has 104 valence electrons. The minimum atomic E-state index is 0.0656. The lowest BCUT2D eigenvalue weighted by Gasteiger charge is -2.10. The molecule has 1 aromatic heterocycles. The van der Waals surface area contributed by atoms with Gasteiger partial charge in [-0.2, -0.15) is 9.97 Å². The first-order chi connectivity index (χ1) is 9.22. The second-order valence-corrected chi connectivity index (χ2v) is 4.42. The van der Waals surface area contributed by atoms with Gasteiger partial charge >= 0.3 is 12.0 Å². The third-order valence-electron chi connectivity index (χ3n) is 3.15. The average Bonchev–Trinajstić information content (AvgIpc) is 2.98. The first-order valence-corrected chi connectivity index (χ1v) is 6.33. The van der Waals surface area contributed by atoms with Gasteiger partial charge in [0, 0.05) is 5.92 Å². The molecule has 7 nitrogen and oxygen atoms in total. The van der Waals surface area contributed by atoms with Gasteiger partial charge in [-0.3, -0.25) is 4.79 Å². The van der Waals surface area contributed by atoms with Crippen molar-refractivity contribution in [2.45, 2.75) is 32.2 Å². The Morgan fingerprint density at radius 2 is 1.74 bits per heavy atom. The van der Waals surface area contributed by atoms with Crippen LogP contribution in [-0.2, 0) is 11.3 Å². The number of carbonyl (C=O) groups is 1. The van der Waals surface area contributed by atoms with Crippen molar-refractivity contribution in [2.24, 2.45) is 5.92 Å². The first-order valence-electron chi connectivity index (χ1n) is 6.33. The highest BCUT2D eigenvalue weighted by Crippen LogP contribution is 2.24. The molecule has 1 amide bonds. The van der Waals surface area contributed by atoms with Gasteiger partial charge in [0.25, 0.3) is 0 Å². The molecule has 1 aliphatic carbocycles. The highest BCUT2D eigenvalue weighted by molar-refractivity contribution is 5.78. The number of rotatable bonds is 5. The van der Waals surface area contributed by atoms with Gasteiger partial charge < -0.3 is 14.8 Å². The zero-order chi connectivity index (χ0) is 13.7. The fourth-order valence-corrected chi connectivity index (χ4v) is 2.14. The van der Waals surface area contributed by atoms with E-state index in [4.69, 9.17) is 9.47 Å². The number of nitrogens with one attached hydrogen (secondary N) is 1. The van der Waals surface area contributed by atoms with E-state index >= 15 is 0 Å². The van der Waals surface area contributed by atoms with Crippen molar-refractivity contribution >= 4 is 5.91 Å². The van der Waals surface area contributed by atoms with Crippen LogP contribution in [0.4, 0.5) is 0 Å². The van der Waals surface area contributed by atoms with Crippen LogP contribution in [0.3, 0.4) is 0 Å². The largest absolute Gasteiger partial charge is 0.467 e. The summed E-state index contributed by atoms with van der Waals surface area (Å²) in [6, 6.07) is 0.355. The summed E-state index contributed by atoms with van der Waals surface area (Å²) in [6.45, 7) is 0.255. The summed E-state index contributed by atoms with van der Waals surface area (Å²) in [4.78, 5) is 23.9. The number of methoxy groups -OCH3 is 2. The Hall–Kier alpha value is -1.92. The number of carbonyl (C=O) groups excluding carboxylic acids is 1. The fraction of sp³-hybridized carbons (Fsp3) is 0.667. The molecule has 1 N–H and O–H groups in total. The molecule has 1 saturated carbocycles. The highest BCUT2D eigenvalue weighted by Gasteiger charge is 2.22. The molecule has 0 radical (unpaired) electrons. The maximum atomic E-state index is 11.9. The van der Waals surface area contributed by atoms with Crippen LogP contribution in [-0.4, -0.2) is 35.1 Å². The lowest BCUT2D eigenvalue weighted by atomic mass is 10.1. The summed E-state index contributed by atoms with van der Waals surface area (Å²) in [5.74, 6) is 0.622. The van der Waals surface area contributed by atoms with E-state index in [-0.39, 0.29) is 30.4 Å². The third kappa shape index (κ3) is 3.52. The molecule has 1 aromatic rings. The van der Waals surface area contributed by atoms with Gasteiger partial charge in [-0.25, -0.2) is 0 Å². The summed E-state index contributed by atoms with van der Waals surface area (Å²) in [5, 5.41) is 2.84. The summed E-state index contributed by atoms with van der Waals surface area (Å²) in [5.41, 5.74) is 0. The second kappa shape index (κ2) is 6.31. The Morgan fingerprint density at radius 1 is 1.16 bits per heavy atom. The summed E-state index contributed by atoms with van der Waals surface area (Å²) in [7, 11) is 2.94. The van der Waals surface area contributed by atoms with Crippen LogP contribution in [0.2, 0.25) is 0 Å². The maximum Gasteiger partial charge on any atom is 0.322 e. The molecular weight excluding hydrogens is 248 g/mol. The van der Waals surface area contributed by atoms with Crippen molar-refractivity contribution in [3.63, 3.8) is 0 Å². The molecule has 1 fully saturated rings. The lowest BCUT2D eigenvalue weighted by Crippen LogP contribution is -2.29. The van der Waals surface area contributed by atoms with Crippen molar-refractivity contribution in [1.29, 1.82) is 0 Å². The van der Waals surface area contributed by atoms with Crippen molar-refractivity contribution < 1.29 is 14.3 Å². The predicted molar refractivity (Wildman–Crippen MR) is 66.7 cm³/mol. The Bertz CT molecular complexity index is 424. The van der Waals surface area contributed by atoms with Crippen LogP contribution >= 0.6 is 0 Å². The highest BCUT2D eigenvalue weighted by atomic mass is 16.5. The summed E-state index contributed by atoms with van der Waals surface area (Å²) in [6.07, 6.45) is 4.20. The molecule has 2 rings (SSSR count). The smallest absolute Gasteiger partial charge is 0.322 e. The van der Waals surface area contributed by atoms with Gasteiger partial charge in [0.1, 0.15) is 0 Å². The van der Waals surface area contributed by atoms with Crippen LogP contribution in [0.1, 0.15) is 31.5 Å². The van der Waals surface area contributed by atoms with Crippen molar-refractivity contribution in [1.82, 2.24) is 20.3 Å². The Balaban J connectivity index is 1.96. The summed E-state index contributed by atoms with van der Waals surface area (Å²) < 4.78 is 9.90. The van der Waals surface area contributed by atoms with E-state index in [1.165, 1.54) is 14.2 Å². The van der Waals surface area contributed by atoms with Gasteiger partial charge in [-0.15, -0.1) is 4.98 Å². The topological polar surface area (TPSA) is 86.2 Å². The van der Waals surface area contributed by atoms with E-state index in [9.17, 15) is 4.79 Å². The van der Waals surface area contributed by atoms with Gasteiger partial charge in [-0.05, 0) is 12.8 Å². The molecule has 0 bridgehead atoms. The SMILES string of the molecule is COc1nc(CNC(=O)C2CCCC2)nc(OC)n1. The van der Waals surface area contributed by atoms with E-state index in [1.807, 2.05) is 0 Å². The van der Waals surface area contributed by atoms with E-state index in [0.29, 0.717) is 5.82 Å². The van der Waals surface area contributed by atoms with Gasteiger partial charge in [-0.1, -0.05) is 12.8 Å². The molecule has 0 aliphatic heterocycles. The molecule has 19 heavy (non-hydrogen) atoms. The van der Waals surface area contributed by atoms with E-state index in [1.54, 1.807) is 0 Å². The molecule has 1 aliphatic rings. The molecule has 7 heteroatoms. The molecule has 0 aromatic carbocycles. The predicted octanol–water partition coefficient (Wildman–Crippen LogP) is 0.695. The number of aromatic nitrogens is 3. The van der Waals surface area contributed by atoms with Crippen LogP contribution in [0.25, 0.3) is 0 Å². The normalized spacial score (nSPS) is 15.3. The number of ether oxygens (including phenoxy) is 2. The molecule has 0 unspecified atom stereocenters. The summed E-state index contributed by atoms with van der Waals surface area (Å²) >= 11 is 0. The Morgan fingerprint density at radius 3 is 2.26 bits per heavy atom. The van der Waals surface area contributed by atoms with Crippen LogP contribution < -0.4 is 14.8 Å². The van der Waals surface area contributed by atoms with E-state index < -0.39 is 0 Å². The van der Waals surface area contributed by atoms with Crippen molar-refractivity contribution in [2.75, 3.05) is 14.2 Å². The first kappa shape index (κ1) is 13.5. The zero-order valence-corrected chi connectivity index (χ0v) is 11.2. The number of hydrogen-bond acceptors (Lipinski definition) is 6. The maximum absolute atomic E-state index is 11.9. The second-order valence-electron chi connectivity index (χ2n) is 4.42. The van der Waals surface area contributed by atoms with Crippen LogP contribution in [0.15, 0.2) is 0 Å². The van der Waals surface area contributed by atoms with Gasteiger partial charge in [0.05, 0.1) is 20.8 Å². The molecule has 0 atom stereocenters. The third-order valence-corrected chi connectivity index (χ3v) is 3.15. The van der Waals surface area contributed by atoms with Gasteiger partial charge in [0.15, 0.2) is 5.82 Å². The number of nitrogens with zero attached hydrogens (tertiary/aromatic N) is 3. The minimum Gasteiger partial charge on any atom is -0.467 e. The quantitative estimate of drug-likeness (QED) is 0.844. The van der Waals surface area contributed by atoms with Gasteiger partial charge in [0.2, 0.25) is 5.91 Å². The standard InChI is InChI=1S/C12H18N4O3/c1-18-11-14-9(15-12(16-11)19-2)7-13-10(17)8-5-3-4-6-8/h8H,3-7H2,1-2H3,(H,13,17). The Kier molecular flexibility index (Phi) is 4.48. The van der Waals surface area contributed by atoms with Crippen LogP contribution in [0.5, 0.6) is 12.0 Å². The molecule has 0 spiro atoms. The van der Waals surface area contributed by atoms with E-state index in [0.717, 1.165) is 25.7 Å². The minimum absolute atomic E-state index is 0.0656. The van der Waals surface area contributed by atoms with Crippen molar-refractivity contribution in [3.8, 4) is 12.0 Å². The molecule has 0 saturated heterocycles. The lowest BCUT2D eigenvalue weighted by molar-refractivity contribution is -0.125. The molecular formula is C12H18N4O3. The molecule has 1 heterocycles. The van der Waals surface area contributed by atoms with Crippen molar-refractivity contribution in [3.05, 3.63) is 5.82 Å². The number of hydrogen-bond donors (Lipinski definition) is 1. The number of amides is 1. The zero-order valence-electron chi connectivity index (χ0n) is 11.2. The Labute approximate surface area is 111 Å². The van der Waals surface area contributed by atoms with E-state index in [2.05, 4.69) is 20.3 Å².